The van der Waals surface area contributed by atoms with Crippen molar-refractivity contribution in [3.8, 4) is 11.5 Å². The lowest BCUT2D eigenvalue weighted by Crippen LogP contribution is -2.40. The zero-order chi connectivity index (χ0) is 20.2. The Morgan fingerprint density at radius 1 is 1.07 bits per heavy atom. The molecule has 0 fully saturated rings. The van der Waals surface area contributed by atoms with Crippen molar-refractivity contribution in [1.29, 1.82) is 0 Å². The van der Waals surface area contributed by atoms with E-state index in [1.807, 2.05) is 32.0 Å². The molecule has 7 nitrogen and oxygen atoms in total. The Kier molecular flexibility index (Phi) is 10.3. The van der Waals surface area contributed by atoms with Crippen LogP contribution < -0.4 is 9.47 Å². The Morgan fingerprint density at radius 3 is 2.33 bits per heavy atom. The van der Waals surface area contributed by atoms with Crippen LogP contribution in [0.15, 0.2) is 18.2 Å². The van der Waals surface area contributed by atoms with Crippen molar-refractivity contribution >= 4 is 11.9 Å². The first-order valence-electron chi connectivity index (χ1n) is 9.19. The van der Waals surface area contributed by atoms with E-state index in [2.05, 4.69) is 0 Å². The van der Waals surface area contributed by atoms with Crippen molar-refractivity contribution in [3.05, 3.63) is 23.8 Å². The molecule has 152 valence electrons. The molecule has 1 atom stereocenters. The molecule has 0 aliphatic heterocycles. The fourth-order valence-corrected chi connectivity index (χ4v) is 2.65. The molecule has 1 amide bonds. The number of benzene rings is 1. The Labute approximate surface area is 161 Å². The van der Waals surface area contributed by atoms with Crippen LogP contribution in [-0.4, -0.2) is 63.9 Å². The lowest BCUT2D eigenvalue weighted by Gasteiger charge is -2.25. The molecule has 0 N–H and O–H groups in total. The van der Waals surface area contributed by atoms with Crippen LogP contribution in [0.5, 0.6) is 11.5 Å². The molecule has 27 heavy (non-hydrogen) atoms. The molecular weight excluding hydrogens is 350 g/mol. The van der Waals surface area contributed by atoms with Gasteiger partial charge in [-0.25, -0.2) is 0 Å². The van der Waals surface area contributed by atoms with Crippen molar-refractivity contribution in [2.24, 2.45) is 5.92 Å². The van der Waals surface area contributed by atoms with Crippen molar-refractivity contribution in [3.63, 3.8) is 0 Å². The zero-order valence-corrected chi connectivity index (χ0v) is 16.9. The lowest BCUT2D eigenvalue weighted by atomic mass is 10.1. The van der Waals surface area contributed by atoms with E-state index < -0.39 is 5.92 Å². The first-order chi connectivity index (χ1) is 13.0. The summed E-state index contributed by atoms with van der Waals surface area (Å²) in [5.41, 5.74) is 1.02. The van der Waals surface area contributed by atoms with Gasteiger partial charge in [0.05, 0.1) is 26.2 Å². The molecule has 0 saturated carbocycles. The number of rotatable bonds is 12. The van der Waals surface area contributed by atoms with Gasteiger partial charge in [0.25, 0.3) is 0 Å². The summed E-state index contributed by atoms with van der Waals surface area (Å²) in [4.78, 5) is 25.6. The number of methoxy groups -OCH3 is 2. The molecule has 1 aromatic rings. The largest absolute Gasteiger partial charge is 0.490 e. The second kappa shape index (κ2) is 12.2. The second-order valence-corrected chi connectivity index (χ2v) is 6.09. The van der Waals surface area contributed by atoms with Gasteiger partial charge < -0.3 is 23.8 Å². The minimum Gasteiger partial charge on any atom is -0.490 e. The van der Waals surface area contributed by atoms with Crippen molar-refractivity contribution in [2.45, 2.75) is 27.2 Å². The highest BCUT2D eigenvalue weighted by Gasteiger charge is 2.21. The summed E-state index contributed by atoms with van der Waals surface area (Å²) in [5.74, 6) is 0.480. The summed E-state index contributed by atoms with van der Waals surface area (Å²) in [5, 5.41) is 0. The van der Waals surface area contributed by atoms with Gasteiger partial charge in [-0.2, -0.15) is 0 Å². The third kappa shape index (κ3) is 7.46. The van der Waals surface area contributed by atoms with E-state index >= 15 is 0 Å². The molecule has 1 unspecified atom stereocenters. The molecule has 7 heteroatoms. The normalized spacial score (nSPS) is 11.6. The topological polar surface area (TPSA) is 74.3 Å². The highest BCUT2D eigenvalue weighted by Crippen LogP contribution is 2.28. The maximum absolute atomic E-state index is 12.3. The van der Waals surface area contributed by atoms with Gasteiger partial charge in [-0.15, -0.1) is 0 Å². The lowest BCUT2D eigenvalue weighted by molar-refractivity contribution is -0.147. The number of carbonyl (C=O) groups excluding carboxylic acids is 2. The van der Waals surface area contributed by atoms with Gasteiger partial charge in [-0.05, 0) is 38.0 Å². The van der Waals surface area contributed by atoms with Crippen LogP contribution in [0.4, 0.5) is 0 Å². The third-order valence-electron chi connectivity index (χ3n) is 4.00. The molecule has 0 heterocycles. The predicted molar refractivity (Wildman–Crippen MR) is 102 cm³/mol. The minimum absolute atomic E-state index is 0.0264. The summed E-state index contributed by atoms with van der Waals surface area (Å²) < 4.78 is 20.9. The maximum Gasteiger partial charge on any atom is 0.310 e. The molecular formula is C20H31NO6. The van der Waals surface area contributed by atoms with Gasteiger partial charge in [0, 0.05) is 20.2 Å². The molecule has 1 aromatic carbocycles. The van der Waals surface area contributed by atoms with Crippen LogP contribution in [0.1, 0.15) is 26.3 Å². The summed E-state index contributed by atoms with van der Waals surface area (Å²) in [7, 11) is 2.82. The van der Waals surface area contributed by atoms with E-state index in [1.54, 1.807) is 11.8 Å². The van der Waals surface area contributed by atoms with E-state index in [9.17, 15) is 9.59 Å². The summed E-state index contributed by atoms with van der Waals surface area (Å²) >= 11 is 0. The fraction of sp³-hybridized carbons (Fsp3) is 0.600. The monoisotopic (exact) mass is 381 g/mol. The van der Waals surface area contributed by atoms with E-state index in [1.165, 1.54) is 14.2 Å². The molecule has 0 spiro atoms. The highest BCUT2D eigenvalue weighted by atomic mass is 16.5. The van der Waals surface area contributed by atoms with Crippen molar-refractivity contribution < 1.29 is 28.5 Å². The Bertz CT molecular complexity index is 604. The predicted octanol–water partition coefficient (Wildman–Crippen LogP) is 2.31. The number of carbonyl (C=O) groups is 2. The van der Waals surface area contributed by atoms with Crippen LogP contribution in [0, 0.1) is 5.92 Å². The molecule has 0 radical (unpaired) electrons. The Morgan fingerprint density at radius 2 is 1.74 bits per heavy atom. The van der Waals surface area contributed by atoms with Crippen LogP contribution in [0.3, 0.4) is 0 Å². The van der Waals surface area contributed by atoms with Gasteiger partial charge in [0.2, 0.25) is 5.91 Å². The van der Waals surface area contributed by atoms with Gasteiger partial charge in [0.15, 0.2) is 11.5 Å². The maximum atomic E-state index is 12.3. The van der Waals surface area contributed by atoms with Crippen LogP contribution in [0.2, 0.25) is 0 Å². The first kappa shape index (κ1) is 22.8. The highest BCUT2D eigenvalue weighted by molar-refractivity contribution is 5.79. The number of amides is 1. The van der Waals surface area contributed by atoms with E-state index in [4.69, 9.17) is 18.9 Å². The average Bonchev–Trinajstić information content (AvgIpc) is 2.66. The van der Waals surface area contributed by atoms with E-state index in [-0.39, 0.29) is 25.0 Å². The SMILES string of the molecule is CCOc1ccc(CCN(CC(C)C(=O)OC)C(=O)COC)cc1OCC. The Hall–Kier alpha value is -2.28. The molecule has 1 rings (SSSR count). The van der Waals surface area contributed by atoms with Crippen LogP contribution >= 0.6 is 0 Å². The minimum atomic E-state index is -0.407. The van der Waals surface area contributed by atoms with E-state index in [0.29, 0.717) is 37.7 Å². The summed E-state index contributed by atoms with van der Waals surface area (Å²) in [6.07, 6.45) is 0.621. The molecule has 0 aromatic heterocycles. The number of hydrogen-bond donors (Lipinski definition) is 0. The molecule has 0 aliphatic carbocycles. The van der Waals surface area contributed by atoms with Crippen molar-refractivity contribution in [2.75, 3.05) is 47.1 Å². The zero-order valence-electron chi connectivity index (χ0n) is 16.9. The van der Waals surface area contributed by atoms with Crippen LogP contribution in [-0.2, 0) is 25.5 Å². The van der Waals surface area contributed by atoms with Gasteiger partial charge in [-0.1, -0.05) is 13.0 Å². The standard InChI is InChI=1S/C20H31NO6/c1-6-26-17-9-8-16(12-18(17)27-7-2)10-11-21(19(22)14-24-4)13-15(3)20(23)25-5/h8-9,12,15H,6-7,10-11,13-14H2,1-5H3. The van der Waals surface area contributed by atoms with Gasteiger partial charge >= 0.3 is 5.97 Å². The average molecular weight is 381 g/mol. The van der Waals surface area contributed by atoms with Crippen molar-refractivity contribution in [1.82, 2.24) is 4.90 Å². The Balaban J connectivity index is 2.85. The second-order valence-electron chi connectivity index (χ2n) is 6.09. The number of hydrogen-bond acceptors (Lipinski definition) is 6. The molecule has 0 saturated heterocycles. The van der Waals surface area contributed by atoms with E-state index in [0.717, 1.165) is 5.56 Å². The number of ether oxygens (including phenoxy) is 4. The first-order valence-corrected chi connectivity index (χ1v) is 9.19. The summed E-state index contributed by atoms with van der Waals surface area (Å²) in [6, 6.07) is 5.76. The number of nitrogens with zero attached hydrogens (tertiary/aromatic N) is 1. The number of esters is 1. The van der Waals surface area contributed by atoms with Gasteiger partial charge in [0.1, 0.15) is 6.61 Å². The van der Waals surface area contributed by atoms with Crippen LogP contribution in [0.25, 0.3) is 0 Å². The quantitative estimate of drug-likeness (QED) is 0.517. The molecule has 0 bridgehead atoms. The molecule has 0 aliphatic rings. The summed E-state index contributed by atoms with van der Waals surface area (Å²) in [6.45, 7) is 7.40. The third-order valence-corrected chi connectivity index (χ3v) is 4.00. The fourth-order valence-electron chi connectivity index (χ4n) is 2.65. The smallest absolute Gasteiger partial charge is 0.310 e. The van der Waals surface area contributed by atoms with Gasteiger partial charge in [-0.3, -0.25) is 9.59 Å².